The maximum Gasteiger partial charge on any atom is 0.636 e. The molecular weight excluding hydrogens is 152 g/mol. The van der Waals surface area contributed by atoms with Crippen LogP contribution in [-0.4, -0.2) is 23.7 Å². The van der Waals surface area contributed by atoms with Crippen LogP contribution < -0.4 is 0 Å². The molecule has 0 saturated heterocycles. The maximum absolute atomic E-state index is 11.8. The van der Waals surface area contributed by atoms with Crippen molar-refractivity contribution in [3.8, 4) is 0 Å². The lowest BCUT2D eigenvalue weighted by Gasteiger charge is -2.04. The van der Waals surface area contributed by atoms with Crippen molar-refractivity contribution in [3.63, 3.8) is 0 Å². The fourth-order valence-corrected chi connectivity index (χ4v) is 0.221. The minimum atomic E-state index is -2.77. The average Bonchev–Trinajstić information content (AvgIpc) is 1.85. The van der Waals surface area contributed by atoms with Gasteiger partial charge in [0.1, 0.15) is 6.33 Å². The van der Waals surface area contributed by atoms with Crippen LogP contribution >= 0.6 is 0 Å². The molecule has 0 aromatic heterocycles. The van der Waals surface area contributed by atoms with E-state index in [0.29, 0.717) is 0 Å². The van der Waals surface area contributed by atoms with E-state index in [0.717, 1.165) is 0 Å². The first-order chi connectivity index (χ1) is 4.57. The Hall–Kier alpha value is -0.525. The molecule has 2 N–H and O–H groups in total. The van der Waals surface area contributed by atoms with Crippen LogP contribution in [0, 0.1) is 0 Å². The fraction of sp³-hybridized carbons (Fsp3) is 0.333. The second kappa shape index (κ2) is 4.32. The molecule has 1 atom stereocenters. The molecule has 0 aliphatic heterocycles. The quantitative estimate of drug-likeness (QED) is 0.567. The predicted molar refractivity (Wildman–Crippen MR) is 26.5 cm³/mol. The highest BCUT2D eigenvalue weighted by Gasteiger charge is 2.21. The molecule has 0 spiro atoms. The molecule has 10 heavy (non-hydrogen) atoms. The molecule has 0 fully saturated rings. The van der Waals surface area contributed by atoms with Crippen molar-refractivity contribution >= 4 is 7.32 Å². The minimum absolute atomic E-state index is 0.674. The summed E-state index contributed by atoms with van der Waals surface area (Å²) in [5.41, 5.74) is 0. The van der Waals surface area contributed by atoms with E-state index in [2.05, 4.69) is 4.65 Å². The summed E-state index contributed by atoms with van der Waals surface area (Å²) in [6.45, 7) is 0. The predicted octanol–water partition coefficient (Wildman–Crippen LogP) is 0.0485. The van der Waals surface area contributed by atoms with Gasteiger partial charge < -0.3 is 14.7 Å². The highest BCUT2D eigenvalue weighted by atomic mass is 19.2. The van der Waals surface area contributed by atoms with Gasteiger partial charge >= 0.3 is 7.32 Å². The molecule has 3 nitrogen and oxygen atoms in total. The van der Waals surface area contributed by atoms with Gasteiger partial charge in [-0.2, -0.15) is 0 Å². The Labute approximate surface area is 54.9 Å². The third-order valence-electron chi connectivity index (χ3n) is 0.562. The second-order valence-electron chi connectivity index (χ2n) is 1.27. The number of hydrogen-bond donors (Lipinski definition) is 2. The summed E-state index contributed by atoms with van der Waals surface area (Å²) < 4.78 is 37.9. The first-order valence-corrected chi connectivity index (χ1v) is 2.19. The Morgan fingerprint density at radius 1 is 1.60 bits per heavy atom. The summed E-state index contributed by atoms with van der Waals surface area (Å²) in [5, 5.41) is 15.7. The lowest BCUT2D eigenvalue weighted by atomic mass is 10.2. The topological polar surface area (TPSA) is 49.7 Å². The van der Waals surface area contributed by atoms with Gasteiger partial charge in [-0.05, 0) is 0 Å². The van der Waals surface area contributed by atoms with Gasteiger partial charge in [0.15, 0.2) is 5.83 Å². The van der Waals surface area contributed by atoms with Gasteiger partial charge in [0.25, 0.3) is 0 Å². The Kier molecular flexibility index (Phi) is 4.09. The molecule has 0 heterocycles. The van der Waals surface area contributed by atoms with E-state index in [-0.39, 0.29) is 0 Å². The van der Waals surface area contributed by atoms with Crippen LogP contribution in [0.5, 0.6) is 0 Å². The first kappa shape index (κ1) is 9.47. The van der Waals surface area contributed by atoms with Crippen molar-refractivity contribution in [2.75, 3.05) is 0 Å². The third-order valence-corrected chi connectivity index (χ3v) is 0.562. The number of halogens is 3. The number of rotatable bonds is 3. The van der Waals surface area contributed by atoms with Gasteiger partial charge in [-0.25, -0.2) is 13.2 Å². The van der Waals surface area contributed by atoms with E-state index < -0.39 is 25.8 Å². The van der Waals surface area contributed by atoms with E-state index in [1.807, 2.05) is 0 Å². The van der Waals surface area contributed by atoms with Crippen molar-refractivity contribution < 1.29 is 27.9 Å². The van der Waals surface area contributed by atoms with Crippen LogP contribution in [0.25, 0.3) is 0 Å². The third kappa shape index (κ3) is 3.49. The Morgan fingerprint density at radius 2 is 2.10 bits per heavy atom. The molecule has 0 bridgehead atoms. The van der Waals surface area contributed by atoms with E-state index in [4.69, 9.17) is 10.0 Å². The first-order valence-electron chi connectivity index (χ1n) is 2.19. The Balaban J connectivity index is 3.73. The van der Waals surface area contributed by atoms with E-state index in [9.17, 15) is 13.2 Å². The SMILES string of the molecule is OB(O)OC(F)C(F)=CF. The zero-order valence-electron chi connectivity index (χ0n) is 4.67. The lowest BCUT2D eigenvalue weighted by molar-refractivity contribution is 0.0322. The molecule has 1 unspecified atom stereocenters. The summed E-state index contributed by atoms with van der Waals surface area (Å²) in [5.74, 6) is -1.85. The van der Waals surface area contributed by atoms with E-state index >= 15 is 0 Å². The fourth-order valence-electron chi connectivity index (χ4n) is 0.221. The smallest absolute Gasteiger partial charge is 0.402 e. The van der Waals surface area contributed by atoms with Crippen LogP contribution in [-0.2, 0) is 4.65 Å². The summed E-state index contributed by atoms with van der Waals surface area (Å²) in [6, 6.07) is 0. The van der Waals surface area contributed by atoms with Crippen LogP contribution in [0.1, 0.15) is 0 Å². The Morgan fingerprint density at radius 3 is 2.40 bits per heavy atom. The van der Waals surface area contributed by atoms with Crippen molar-refractivity contribution in [2.45, 2.75) is 6.36 Å². The zero-order chi connectivity index (χ0) is 8.15. The monoisotopic (exact) mass is 156 g/mol. The highest BCUT2D eigenvalue weighted by Crippen LogP contribution is 2.09. The molecule has 0 amide bonds. The number of alkyl halides is 1. The molecule has 58 valence electrons. The standard InChI is InChI=1S/C3H4BF3O3/c5-1-2(6)3(7)10-4(8)9/h1,3,8-9H. The van der Waals surface area contributed by atoms with Crippen LogP contribution in [0.3, 0.4) is 0 Å². The van der Waals surface area contributed by atoms with Crippen LogP contribution in [0.2, 0.25) is 0 Å². The summed E-state index contributed by atoms with van der Waals surface area (Å²) in [4.78, 5) is 0. The average molecular weight is 156 g/mol. The summed E-state index contributed by atoms with van der Waals surface area (Å²) in [7, 11) is -2.46. The minimum Gasteiger partial charge on any atom is -0.402 e. The molecule has 0 radical (unpaired) electrons. The molecule has 7 heteroatoms. The van der Waals surface area contributed by atoms with Gasteiger partial charge in [0.05, 0.1) is 0 Å². The maximum atomic E-state index is 11.8. The van der Waals surface area contributed by atoms with Gasteiger partial charge in [-0.1, -0.05) is 0 Å². The molecule has 0 aromatic rings. The van der Waals surface area contributed by atoms with Crippen molar-refractivity contribution in [1.82, 2.24) is 0 Å². The molecule has 0 aliphatic carbocycles. The van der Waals surface area contributed by atoms with Crippen molar-refractivity contribution in [1.29, 1.82) is 0 Å². The van der Waals surface area contributed by atoms with Crippen LogP contribution in [0.4, 0.5) is 13.2 Å². The highest BCUT2D eigenvalue weighted by molar-refractivity contribution is 6.32. The normalized spacial score (nSPS) is 15.1. The van der Waals surface area contributed by atoms with Crippen molar-refractivity contribution in [2.24, 2.45) is 0 Å². The summed E-state index contributed by atoms with van der Waals surface area (Å²) in [6.07, 6.45) is -3.45. The van der Waals surface area contributed by atoms with E-state index in [1.165, 1.54) is 0 Å². The summed E-state index contributed by atoms with van der Waals surface area (Å²) >= 11 is 0. The Bertz CT molecular complexity index is 128. The van der Waals surface area contributed by atoms with Gasteiger partial charge in [-0.3, -0.25) is 0 Å². The second-order valence-corrected chi connectivity index (χ2v) is 1.27. The molecule has 0 aliphatic rings. The van der Waals surface area contributed by atoms with Crippen molar-refractivity contribution in [3.05, 3.63) is 12.2 Å². The molecule has 0 saturated carbocycles. The molecular formula is C3H4BF3O3. The molecule has 0 rings (SSSR count). The van der Waals surface area contributed by atoms with Gasteiger partial charge in [0.2, 0.25) is 6.36 Å². The largest absolute Gasteiger partial charge is 0.636 e. The number of hydrogen-bond acceptors (Lipinski definition) is 3. The van der Waals surface area contributed by atoms with Gasteiger partial charge in [0, 0.05) is 0 Å². The van der Waals surface area contributed by atoms with E-state index in [1.54, 1.807) is 0 Å². The molecule has 0 aromatic carbocycles. The lowest BCUT2D eigenvalue weighted by Crippen LogP contribution is -2.23. The van der Waals surface area contributed by atoms with Crippen LogP contribution in [0.15, 0.2) is 12.2 Å². The van der Waals surface area contributed by atoms with Gasteiger partial charge in [-0.15, -0.1) is 0 Å². The zero-order valence-corrected chi connectivity index (χ0v) is 4.67.